The fourth-order valence-corrected chi connectivity index (χ4v) is 4.13. The van der Waals surface area contributed by atoms with Crippen LogP contribution in [0, 0.1) is 0 Å². The molecule has 5 heteroatoms. The van der Waals surface area contributed by atoms with Crippen molar-refractivity contribution in [3.8, 4) is 21.9 Å². The maximum atomic E-state index is 5.50. The summed E-state index contributed by atoms with van der Waals surface area (Å²) in [5, 5.41) is 4.82. The number of hydrogen-bond donors (Lipinski definition) is 1. The lowest BCUT2D eigenvalue weighted by Crippen LogP contribution is -2.27. The fourth-order valence-electron chi connectivity index (χ4n) is 3.23. The Morgan fingerprint density at radius 3 is 2.62 bits per heavy atom. The summed E-state index contributed by atoms with van der Waals surface area (Å²) in [6.07, 6.45) is 10.0. The Morgan fingerprint density at radius 2 is 1.92 bits per heavy atom. The maximum absolute atomic E-state index is 5.50. The summed E-state index contributed by atoms with van der Waals surface area (Å²) in [4.78, 5) is 5.72. The van der Waals surface area contributed by atoms with E-state index in [-0.39, 0.29) is 0 Å². The Kier molecular flexibility index (Phi) is 6.10. The molecule has 0 radical (unpaired) electrons. The van der Waals surface area contributed by atoms with Gasteiger partial charge >= 0.3 is 0 Å². The molecule has 4 nitrogen and oxygen atoms in total. The van der Waals surface area contributed by atoms with Crippen molar-refractivity contribution in [1.29, 1.82) is 0 Å². The Morgan fingerprint density at radius 1 is 1.12 bits per heavy atom. The molecule has 1 N–H and O–H groups in total. The fraction of sp³-hybridized carbons (Fsp3) is 0.526. The van der Waals surface area contributed by atoms with Crippen molar-refractivity contribution in [3.63, 3.8) is 0 Å². The van der Waals surface area contributed by atoms with Crippen molar-refractivity contribution in [2.24, 2.45) is 0 Å². The van der Waals surface area contributed by atoms with Crippen molar-refractivity contribution in [3.05, 3.63) is 29.4 Å². The molecule has 130 valence electrons. The van der Waals surface area contributed by atoms with Crippen LogP contribution < -0.4 is 14.8 Å². The Balaban J connectivity index is 1.66. The van der Waals surface area contributed by atoms with Crippen LogP contribution in [-0.2, 0) is 6.54 Å². The van der Waals surface area contributed by atoms with Crippen LogP contribution in [-0.4, -0.2) is 25.2 Å². The zero-order valence-electron chi connectivity index (χ0n) is 14.5. The van der Waals surface area contributed by atoms with Crippen molar-refractivity contribution >= 4 is 11.3 Å². The van der Waals surface area contributed by atoms with Crippen LogP contribution in [0.5, 0.6) is 11.5 Å². The summed E-state index contributed by atoms with van der Waals surface area (Å²) in [6, 6.07) is 6.56. The molecule has 0 aliphatic heterocycles. The number of nitrogens with one attached hydrogen (secondary N) is 1. The zero-order chi connectivity index (χ0) is 16.8. The highest BCUT2D eigenvalue weighted by atomic mass is 32.1. The first-order valence-electron chi connectivity index (χ1n) is 8.70. The summed E-state index contributed by atoms with van der Waals surface area (Å²) in [7, 11) is 3.35. The average Bonchev–Trinajstić information content (AvgIpc) is 2.94. The summed E-state index contributed by atoms with van der Waals surface area (Å²) in [5.41, 5.74) is 1.07. The molecule has 2 aromatic rings. The monoisotopic (exact) mass is 346 g/mol. The predicted molar refractivity (Wildman–Crippen MR) is 99.0 cm³/mol. The lowest BCUT2D eigenvalue weighted by molar-refractivity contribution is 0.395. The van der Waals surface area contributed by atoms with Gasteiger partial charge in [0.25, 0.3) is 0 Å². The summed E-state index contributed by atoms with van der Waals surface area (Å²) >= 11 is 1.73. The van der Waals surface area contributed by atoms with Crippen LogP contribution in [0.1, 0.15) is 43.5 Å². The Hall–Kier alpha value is -1.59. The average molecular weight is 346 g/mol. The molecular formula is C19H26N2O2S. The third kappa shape index (κ3) is 4.28. The highest BCUT2D eigenvalue weighted by Gasteiger charge is 2.14. The number of hydrogen-bond acceptors (Lipinski definition) is 5. The van der Waals surface area contributed by atoms with Crippen LogP contribution in [0.4, 0.5) is 0 Å². The van der Waals surface area contributed by atoms with Gasteiger partial charge in [0.05, 0.1) is 19.1 Å². The van der Waals surface area contributed by atoms with E-state index in [1.807, 2.05) is 24.4 Å². The Bertz CT molecular complexity index is 649. The molecule has 1 saturated carbocycles. The van der Waals surface area contributed by atoms with E-state index in [0.717, 1.165) is 33.5 Å². The molecule has 1 heterocycles. The van der Waals surface area contributed by atoms with E-state index in [1.54, 1.807) is 25.6 Å². The standard InChI is InChI=1S/C19H26N2O2S/c1-22-15-9-10-16(17(11-15)23-2)18-12-21-19(24-18)13-20-14-7-5-3-4-6-8-14/h9-12,14,20H,3-8,13H2,1-2H3. The van der Waals surface area contributed by atoms with Crippen molar-refractivity contribution in [2.75, 3.05) is 14.2 Å². The van der Waals surface area contributed by atoms with Gasteiger partial charge in [0.15, 0.2) is 0 Å². The number of thiazole rings is 1. The molecular weight excluding hydrogens is 320 g/mol. The van der Waals surface area contributed by atoms with Crippen LogP contribution in [0.25, 0.3) is 10.4 Å². The van der Waals surface area contributed by atoms with E-state index in [0.29, 0.717) is 6.04 Å². The number of aromatic nitrogens is 1. The molecule has 1 aliphatic carbocycles. The van der Waals surface area contributed by atoms with Gasteiger partial charge in [-0.25, -0.2) is 4.98 Å². The van der Waals surface area contributed by atoms with Crippen LogP contribution in [0.3, 0.4) is 0 Å². The van der Waals surface area contributed by atoms with Crippen molar-refractivity contribution < 1.29 is 9.47 Å². The second-order valence-electron chi connectivity index (χ2n) is 6.25. The molecule has 3 rings (SSSR count). The van der Waals surface area contributed by atoms with Gasteiger partial charge < -0.3 is 14.8 Å². The highest BCUT2D eigenvalue weighted by molar-refractivity contribution is 7.15. The van der Waals surface area contributed by atoms with E-state index in [9.17, 15) is 0 Å². The van der Waals surface area contributed by atoms with E-state index in [1.165, 1.54) is 38.5 Å². The van der Waals surface area contributed by atoms with E-state index >= 15 is 0 Å². The van der Waals surface area contributed by atoms with Crippen LogP contribution >= 0.6 is 11.3 Å². The van der Waals surface area contributed by atoms with Gasteiger partial charge in [-0.3, -0.25) is 0 Å². The normalized spacial score (nSPS) is 15.9. The highest BCUT2D eigenvalue weighted by Crippen LogP contribution is 2.36. The van der Waals surface area contributed by atoms with Gasteiger partial charge in [-0.15, -0.1) is 11.3 Å². The van der Waals surface area contributed by atoms with Gasteiger partial charge in [-0.2, -0.15) is 0 Å². The number of nitrogens with zero attached hydrogens (tertiary/aromatic N) is 1. The van der Waals surface area contributed by atoms with Gasteiger partial charge in [0, 0.05) is 30.4 Å². The molecule has 1 aromatic carbocycles. The summed E-state index contributed by atoms with van der Waals surface area (Å²) < 4.78 is 10.8. The van der Waals surface area contributed by atoms with Crippen molar-refractivity contribution in [2.45, 2.75) is 51.1 Å². The minimum Gasteiger partial charge on any atom is -0.497 e. The van der Waals surface area contributed by atoms with Gasteiger partial charge in [-0.1, -0.05) is 25.7 Å². The van der Waals surface area contributed by atoms with Gasteiger partial charge in [-0.05, 0) is 25.0 Å². The van der Waals surface area contributed by atoms with Crippen molar-refractivity contribution in [1.82, 2.24) is 10.3 Å². The molecule has 24 heavy (non-hydrogen) atoms. The molecule has 0 atom stereocenters. The quantitative estimate of drug-likeness (QED) is 0.774. The van der Waals surface area contributed by atoms with E-state index in [4.69, 9.17) is 9.47 Å². The maximum Gasteiger partial charge on any atom is 0.131 e. The molecule has 0 saturated heterocycles. The smallest absolute Gasteiger partial charge is 0.131 e. The minimum absolute atomic E-state index is 0.648. The van der Waals surface area contributed by atoms with Gasteiger partial charge in [0.1, 0.15) is 16.5 Å². The number of benzene rings is 1. The number of ether oxygens (including phenoxy) is 2. The SMILES string of the molecule is COc1ccc(-c2cnc(CNC3CCCCCC3)s2)c(OC)c1. The first kappa shape index (κ1) is 17.2. The summed E-state index contributed by atoms with van der Waals surface area (Å²) in [6.45, 7) is 0.855. The molecule has 0 amide bonds. The molecule has 1 aliphatic rings. The molecule has 1 aromatic heterocycles. The second-order valence-corrected chi connectivity index (χ2v) is 7.37. The van der Waals surface area contributed by atoms with E-state index < -0.39 is 0 Å². The van der Waals surface area contributed by atoms with Gasteiger partial charge in [0.2, 0.25) is 0 Å². The predicted octanol–water partition coefficient (Wildman–Crippen LogP) is 4.64. The minimum atomic E-state index is 0.648. The molecule has 0 spiro atoms. The summed E-state index contributed by atoms with van der Waals surface area (Å²) in [5.74, 6) is 1.62. The van der Waals surface area contributed by atoms with Crippen LogP contribution in [0.2, 0.25) is 0 Å². The first-order valence-corrected chi connectivity index (χ1v) is 9.52. The first-order chi connectivity index (χ1) is 11.8. The lowest BCUT2D eigenvalue weighted by Gasteiger charge is -2.14. The second kappa shape index (κ2) is 8.49. The number of methoxy groups -OCH3 is 2. The Labute approximate surface area is 148 Å². The molecule has 0 bridgehead atoms. The number of rotatable bonds is 6. The molecule has 1 fully saturated rings. The topological polar surface area (TPSA) is 43.4 Å². The zero-order valence-corrected chi connectivity index (χ0v) is 15.3. The lowest BCUT2D eigenvalue weighted by atomic mass is 10.1. The third-order valence-corrected chi connectivity index (χ3v) is 5.66. The molecule has 0 unspecified atom stereocenters. The van der Waals surface area contributed by atoms with E-state index in [2.05, 4.69) is 10.3 Å². The largest absolute Gasteiger partial charge is 0.497 e. The third-order valence-electron chi connectivity index (χ3n) is 4.62. The van der Waals surface area contributed by atoms with Crippen LogP contribution in [0.15, 0.2) is 24.4 Å².